The highest BCUT2D eigenvalue weighted by molar-refractivity contribution is 7.98. The van der Waals surface area contributed by atoms with E-state index in [1.165, 1.54) is 11.8 Å². The van der Waals surface area contributed by atoms with Crippen molar-refractivity contribution in [1.82, 2.24) is 0 Å². The number of carboxylic acid groups (broad SMARTS) is 1. The van der Waals surface area contributed by atoms with Crippen LogP contribution in [-0.4, -0.2) is 23.9 Å². The number of benzene rings is 1. The van der Waals surface area contributed by atoms with Crippen LogP contribution in [0.2, 0.25) is 0 Å². The molecule has 2 N–H and O–H groups in total. The van der Waals surface area contributed by atoms with E-state index in [4.69, 9.17) is 0 Å². The standard InChI is InChI=1S/C13H15NO2S/c1-3-4-5-9-14-10-7-6-8-11(17-2)12(10)13(15)16/h6-8,14H,5,9H2,1-2H3,(H,15,16). The molecule has 0 amide bonds. The lowest BCUT2D eigenvalue weighted by Crippen LogP contribution is -2.08. The Balaban J connectivity index is 2.89. The van der Waals surface area contributed by atoms with Gasteiger partial charge in [0.1, 0.15) is 0 Å². The average Bonchev–Trinajstić information content (AvgIpc) is 2.33. The molecule has 0 fully saturated rings. The highest BCUT2D eigenvalue weighted by Crippen LogP contribution is 2.27. The summed E-state index contributed by atoms with van der Waals surface area (Å²) in [5, 5.41) is 12.3. The van der Waals surface area contributed by atoms with Gasteiger partial charge >= 0.3 is 5.97 Å². The van der Waals surface area contributed by atoms with Crippen molar-refractivity contribution in [2.75, 3.05) is 18.1 Å². The first-order valence-electron chi connectivity index (χ1n) is 5.24. The van der Waals surface area contributed by atoms with Crippen LogP contribution in [0.1, 0.15) is 23.7 Å². The van der Waals surface area contributed by atoms with Gasteiger partial charge in [0.25, 0.3) is 0 Å². The minimum Gasteiger partial charge on any atom is -0.478 e. The van der Waals surface area contributed by atoms with Crippen LogP contribution in [0.4, 0.5) is 5.69 Å². The number of nitrogens with one attached hydrogen (secondary N) is 1. The fourth-order valence-corrected chi connectivity index (χ4v) is 2.07. The van der Waals surface area contributed by atoms with E-state index < -0.39 is 5.97 Å². The molecule has 4 heteroatoms. The second-order valence-electron chi connectivity index (χ2n) is 3.29. The van der Waals surface area contributed by atoms with E-state index in [0.29, 0.717) is 24.2 Å². The molecule has 1 aromatic carbocycles. The Bertz CT molecular complexity index is 460. The second-order valence-corrected chi connectivity index (χ2v) is 4.14. The van der Waals surface area contributed by atoms with E-state index in [0.717, 1.165) is 4.90 Å². The molecule has 3 nitrogen and oxygen atoms in total. The Morgan fingerprint density at radius 2 is 2.29 bits per heavy atom. The van der Waals surface area contributed by atoms with Gasteiger partial charge in [0.15, 0.2) is 0 Å². The lowest BCUT2D eigenvalue weighted by molar-refractivity contribution is 0.0694. The van der Waals surface area contributed by atoms with E-state index in [1.54, 1.807) is 13.0 Å². The van der Waals surface area contributed by atoms with Gasteiger partial charge in [-0.1, -0.05) is 6.07 Å². The molecule has 0 radical (unpaired) electrons. The van der Waals surface area contributed by atoms with E-state index in [1.807, 2.05) is 18.4 Å². The van der Waals surface area contributed by atoms with Crippen molar-refractivity contribution in [3.63, 3.8) is 0 Å². The number of anilines is 1. The van der Waals surface area contributed by atoms with Crippen molar-refractivity contribution in [3.05, 3.63) is 23.8 Å². The van der Waals surface area contributed by atoms with Crippen LogP contribution >= 0.6 is 11.8 Å². The number of carboxylic acids is 1. The normalized spacial score (nSPS) is 9.29. The summed E-state index contributed by atoms with van der Waals surface area (Å²) in [7, 11) is 0. The van der Waals surface area contributed by atoms with Crippen molar-refractivity contribution in [2.24, 2.45) is 0 Å². The van der Waals surface area contributed by atoms with Crippen LogP contribution in [0.3, 0.4) is 0 Å². The summed E-state index contributed by atoms with van der Waals surface area (Å²) in [6, 6.07) is 5.44. The molecule has 0 aromatic heterocycles. The summed E-state index contributed by atoms with van der Waals surface area (Å²) in [5.74, 6) is 4.83. The minimum absolute atomic E-state index is 0.337. The summed E-state index contributed by atoms with van der Waals surface area (Å²) < 4.78 is 0. The van der Waals surface area contributed by atoms with Crippen molar-refractivity contribution in [1.29, 1.82) is 0 Å². The lowest BCUT2D eigenvalue weighted by Gasteiger charge is -2.11. The maximum atomic E-state index is 11.2. The van der Waals surface area contributed by atoms with Crippen LogP contribution < -0.4 is 5.32 Å². The van der Waals surface area contributed by atoms with Crippen molar-refractivity contribution in [3.8, 4) is 11.8 Å². The van der Waals surface area contributed by atoms with Gasteiger partial charge in [0, 0.05) is 23.5 Å². The predicted molar refractivity (Wildman–Crippen MR) is 71.7 cm³/mol. The van der Waals surface area contributed by atoms with Gasteiger partial charge in [-0.2, -0.15) is 0 Å². The molecule has 0 atom stereocenters. The molecule has 1 aromatic rings. The number of rotatable bonds is 5. The van der Waals surface area contributed by atoms with Crippen LogP contribution in [-0.2, 0) is 0 Å². The number of aromatic carboxylic acids is 1. The molecule has 90 valence electrons. The highest BCUT2D eigenvalue weighted by Gasteiger charge is 2.14. The topological polar surface area (TPSA) is 49.3 Å². The van der Waals surface area contributed by atoms with Gasteiger partial charge in [-0.3, -0.25) is 0 Å². The molecular weight excluding hydrogens is 234 g/mol. The third-order valence-electron chi connectivity index (χ3n) is 2.20. The van der Waals surface area contributed by atoms with Gasteiger partial charge in [0.2, 0.25) is 0 Å². The number of carbonyl (C=O) groups is 1. The summed E-state index contributed by atoms with van der Waals surface area (Å²) in [4.78, 5) is 12.0. The van der Waals surface area contributed by atoms with Gasteiger partial charge in [-0.15, -0.1) is 23.6 Å². The van der Waals surface area contributed by atoms with E-state index in [9.17, 15) is 9.90 Å². The first-order chi connectivity index (χ1) is 8.20. The molecule has 0 aliphatic heterocycles. The van der Waals surface area contributed by atoms with E-state index in [2.05, 4.69) is 17.2 Å². The Morgan fingerprint density at radius 1 is 1.53 bits per heavy atom. The minimum atomic E-state index is -0.904. The first kappa shape index (κ1) is 13.5. The van der Waals surface area contributed by atoms with E-state index >= 15 is 0 Å². The second kappa shape index (κ2) is 6.87. The third kappa shape index (κ3) is 3.72. The largest absolute Gasteiger partial charge is 0.478 e. The van der Waals surface area contributed by atoms with E-state index in [-0.39, 0.29) is 0 Å². The zero-order valence-electron chi connectivity index (χ0n) is 9.91. The molecule has 0 saturated heterocycles. The molecule has 0 unspecified atom stereocenters. The lowest BCUT2D eigenvalue weighted by atomic mass is 10.1. The zero-order valence-corrected chi connectivity index (χ0v) is 10.7. The number of hydrogen-bond donors (Lipinski definition) is 2. The van der Waals surface area contributed by atoms with Crippen molar-refractivity contribution >= 4 is 23.4 Å². The first-order valence-corrected chi connectivity index (χ1v) is 6.47. The molecule has 0 saturated carbocycles. The van der Waals surface area contributed by atoms with Crippen LogP contribution in [0, 0.1) is 11.8 Å². The van der Waals surface area contributed by atoms with Crippen molar-refractivity contribution < 1.29 is 9.90 Å². The van der Waals surface area contributed by atoms with Gasteiger partial charge in [0.05, 0.1) is 5.56 Å². The molecule has 0 bridgehead atoms. The predicted octanol–water partition coefficient (Wildman–Crippen LogP) is 2.93. The van der Waals surface area contributed by atoms with Gasteiger partial charge < -0.3 is 10.4 Å². The summed E-state index contributed by atoms with van der Waals surface area (Å²) in [6.07, 6.45) is 2.58. The van der Waals surface area contributed by atoms with Crippen LogP contribution in [0.15, 0.2) is 23.1 Å². The van der Waals surface area contributed by atoms with Crippen LogP contribution in [0.5, 0.6) is 0 Å². The summed E-state index contributed by atoms with van der Waals surface area (Å²) in [5.41, 5.74) is 0.992. The number of hydrogen-bond acceptors (Lipinski definition) is 3. The quantitative estimate of drug-likeness (QED) is 0.478. The average molecular weight is 249 g/mol. The van der Waals surface area contributed by atoms with Crippen molar-refractivity contribution in [2.45, 2.75) is 18.2 Å². The maximum Gasteiger partial charge on any atom is 0.338 e. The fourth-order valence-electron chi connectivity index (χ4n) is 1.45. The molecule has 0 spiro atoms. The third-order valence-corrected chi connectivity index (χ3v) is 2.98. The SMILES string of the molecule is CC#CCCNc1cccc(SC)c1C(=O)O. The molecule has 0 heterocycles. The number of thioether (sulfide) groups is 1. The molecular formula is C13H15NO2S. The summed E-state index contributed by atoms with van der Waals surface area (Å²) in [6.45, 7) is 2.44. The Hall–Kier alpha value is -1.60. The monoisotopic (exact) mass is 249 g/mol. The zero-order chi connectivity index (χ0) is 12.7. The summed E-state index contributed by atoms with van der Waals surface area (Å²) >= 11 is 1.43. The molecule has 0 aliphatic rings. The smallest absolute Gasteiger partial charge is 0.338 e. The highest BCUT2D eigenvalue weighted by atomic mass is 32.2. The Kier molecular flexibility index (Phi) is 5.44. The molecule has 0 aliphatic carbocycles. The molecule has 1 rings (SSSR count). The Labute approximate surface area is 106 Å². The Morgan fingerprint density at radius 3 is 2.88 bits per heavy atom. The van der Waals surface area contributed by atoms with Gasteiger partial charge in [-0.05, 0) is 25.3 Å². The molecule has 17 heavy (non-hydrogen) atoms. The maximum absolute atomic E-state index is 11.2. The van der Waals surface area contributed by atoms with Gasteiger partial charge in [-0.25, -0.2) is 4.79 Å². The fraction of sp³-hybridized carbons (Fsp3) is 0.308. The van der Waals surface area contributed by atoms with Crippen LogP contribution in [0.25, 0.3) is 0 Å².